The van der Waals surface area contributed by atoms with Crippen LogP contribution in [0.5, 0.6) is 0 Å². The third kappa shape index (κ3) is 6.23. The van der Waals surface area contributed by atoms with Gasteiger partial charge in [0.2, 0.25) is 0 Å². The van der Waals surface area contributed by atoms with Gasteiger partial charge in [0.1, 0.15) is 6.07 Å². The Bertz CT molecular complexity index is 413. The highest BCUT2D eigenvalue weighted by Gasteiger charge is 2.00. The Morgan fingerprint density at radius 2 is 2.05 bits per heavy atom. The maximum Gasteiger partial charge on any atom is 0.101 e. The van der Waals surface area contributed by atoms with E-state index in [2.05, 4.69) is 11.4 Å². The highest BCUT2D eigenvalue weighted by molar-refractivity contribution is 5.58. The molecule has 1 rings (SSSR count). The third-order valence-corrected chi connectivity index (χ3v) is 2.76. The first kappa shape index (κ1) is 15.5. The van der Waals surface area contributed by atoms with Gasteiger partial charge in [0, 0.05) is 20.3 Å². The minimum Gasteiger partial charge on any atom is -0.384 e. The van der Waals surface area contributed by atoms with Gasteiger partial charge in [-0.3, -0.25) is 0 Å². The van der Waals surface area contributed by atoms with Crippen molar-refractivity contribution in [2.24, 2.45) is 0 Å². The molecular weight excluding hydrogens is 240 g/mol. The van der Waals surface area contributed by atoms with Crippen LogP contribution in [0.2, 0.25) is 0 Å². The van der Waals surface area contributed by atoms with Gasteiger partial charge >= 0.3 is 0 Å². The van der Waals surface area contributed by atoms with Crippen LogP contribution in [0.3, 0.4) is 0 Å². The number of nitriles is 1. The SMILES string of the molecule is COCCOCCCCNc1ccc(C)cc1C#N. The first-order valence-corrected chi connectivity index (χ1v) is 6.59. The fraction of sp³-hybridized carbons (Fsp3) is 0.533. The zero-order valence-corrected chi connectivity index (χ0v) is 11.7. The van der Waals surface area contributed by atoms with Crippen molar-refractivity contribution in [1.29, 1.82) is 5.26 Å². The van der Waals surface area contributed by atoms with Gasteiger partial charge in [-0.15, -0.1) is 0 Å². The molecule has 19 heavy (non-hydrogen) atoms. The molecule has 1 aromatic carbocycles. The molecule has 0 saturated heterocycles. The lowest BCUT2D eigenvalue weighted by Crippen LogP contribution is -2.07. The molecule has 0 aromatic heterocycles. The lowest BCUT2D eigenvalue weighted by molar-refractivity contribution is 0.0691. The van der Waals surface area contributed by atoms with E-state index in [0.717, 1.165) is 37.2 Å². The summed E-state index contributed by atoms with van der Waals surface area (Å²) in [5.41, 5.74) is 2.72. The quantitative estimate of drug-likeness (QED) is 0.695. The normalized spacial score (nSPS) is 10.2. The molecular formula is C15H22N2O2. The van der Waals surface area contributed by atoms with Crippen molar-refractivity contribution in [3.63, 3.8) is 0 Å². The molecule has 0 radical (unpaired) electrons. The third-order valence-electron chi connectivity index (χ3n) is 2.76. The molecule has 0 aliphatic carbocycles. The molecule has 0 unspecified atom stereocenters. The summed E-state index contributed by atoms with van der Waals surface area (Å²) in [4.78, 5) is 0. The molecule has 104 valence electrons. The number of nitrogens with zero attached hydrogens (tertiary/aromatic N) is 1. The number of aryl methyl sites for hydroxylation is 1. The first-order chi connectivity index (χ1) is 9.27. The average molecular weight is 262 g/mol. The van der Waals surface area contributed by atoms with Crippen molar-refractivity contribution < 1.29 is 9.47 Å². The van der Waals surface area contributed by atoms with E-state index < -0.39 is 0 Å². The van der Waals surface area contributed by atoms with Crippen LogP contribution < -0.4 is 5.32 Å². The number of unbranched alkanes of at least 4 members (excludes halogenated alkanes) is 1. The molecule has 0 atom stereocenters. The Morgan fingerprint density at radius 1 is 1.21 bits per heavy atom. The van der Waals surface area contributed by atoms with E-state index in [-0.39, 0.29) is 0 Å². The lowest BCUT2D eigenvalue weighted by atomic mass is 10.1. The number of ether oxygens (including phenoxy) is 2. The zero-order chi connectivity index (χ0) is 13.9. The van der Waals surface area contributed by atoms with Gasteiger partial charge < -0.3 is 14.8 Å². The van der Waals surface area contributed by atoms with Crippen LogP contribution in [0.1, 0.15) is 24.0 Å². The Balaban J connectivity index is 2.18. The molecule has 0 heterocycles. The second-order valence-electron chi connectivity index (χ2n) is 4.40. The molecule has 0 amide bonds. The molecule has 4 nitrogen and oxygen atoms in total. The molecule has 0 fully saturated rings. The van der Waals surface area contributed by atoms with Gasteiger partial charge in [-0.1, -0.05) is 6.07 Å². The summed E-state index contributed by atoms with van der Waals surface area (Å²) in [7, 11) is 1.67. The number of methoxy groups -OCH3 is 1. The summed E-state index contributed by atoms with van der Waals surface area (Å²) in [5.74, 6) is 0. The van der Waals surface area contributed by atoms with Gasteiger partial charge in [-0.05, 0) is 37.5 Å². The Kier molecular flexibility index (Phi) is 7.64. The number of hydrogen-bond donors (Lipinski definition) is 1. The number of anilines is 1. The minimum atomic E-state index is 0.646. The summed E-state index contributed by atoms with van der Waals surface area (Å²) < 4.78 is 10.3. The average Bonchev–Trinajstić information content (AvgIpc) is 2.43. The highest BCUT2D eigenvalue weighted by Crippen LogP contribution is 2.16. The van der Waals surface area contributed by atoms with Crippen molar-refractivity contribution in [3.8, 4) is 6.07 Å². The summed E-state index contributed by atoms with van der Waals surface area (Å²) in [6, 6.07) is 8.08. The van der Waals surface area contributed by atoms with Crippen molar-refractivity contribution in [2.45, 2.75) is 19.8 Å². The Morgan fingerprint density at radius 3 is 2.79 bits per heavy atom. The van der Waals surface area contributed by atoms with Gasteiger partial charge in [0.05, 0.1) is 24.5 Å². The predicted octanol–water partition coefficient (Wildman–Crippen LogP) is 2.72. The lowest BCUT2D eigenvalue weighted by Gasteiger charge is -2.09. The van der Waals surface area contributed by atoms with E-state index in [0.29, 0.717) is 18.8 Å². The maximum atomic E-state index is 9.04. The Labute approximate surface area is 115 Å². The predicted molar refractivity (Wildman–Crippen MR) is 76.3 cm³/mol. The minimum absolute atomic E-state index is 0.646. The second kappa shape index (κ2) is 9.37. The molecule has 0 spiro atoms. The van der Waals surface area contributed by atoms with E-state index in [1.165, 1.54) is 0 Å². The first-order valence-electron chi connectivity index (χ1n) is 6.59. The van der Waals surface area contributed by atoms with Crippen LogP contribution >= 0.6 is 0 Å². The monoisotopic (exact) mass is 262 g/mol. The number of benzene rings is 1. The van der Waals surface area contributed by atoms with Gasteiger partial charge in [-0.2, -0.15) is 5.26 Å². The van der Waals surface area contributed by atoms with Gasteiger partial charge in [0.15, 0.2) is 0 Å². The molecule has 0 aliphatic heterocycles. The molecule has 4 heteroatoms. The fourth-order valence-corrected chi connectivity index (χ4v) is 1.70. The Hall–Kier alpha value is -1.57. The standard InChI is InChI=1S/C15H22N2O2/c1-13-5-6-15(14(11-13)12-16)17-7-3-4-8-19-10-9-18-2/h5-6,11,17H,3-4,7-10H2,1-2H3. The summed E-state index contributed by atoms with van der Waals surface area (Å²) >= 11 is 0. The fourth-order valence-electron chi connectivity index (χ4n) is 1.70. The number of rotatable bonds is 9. The number of hydrogen-bond acceptors (Lipinski definition) is 4. The van der Waals surface area contributed by atoms with Crippen molar-refractivity contribution in [3.05, 3.63) is 29.3 Å². The van der Waals surface area contributed by atoms with E-state index >= 15 is 0 Å². The van der Waals surface area contributed by atoms with Crippen LogP contribution in [-0.2, 0) is 9.47 Å². The molecule has 1 aromatic rings. The van der Waals surface area contributed by atoms with Crippen LogP contribution in [0, 0.1) is 18.3 Å². The maximum absolute atomic E-state index is 9.04. The van der Waals surface area contributed by atoms with E-state index in [1.807, 2.05) is 25.1 Å². The molecule has 0 aliphatic rings. The van der Waals surface area contributed by atoms with Crippen LogP contribution in [0.25, 0.3) is 0 Å². The highest BCUT2D eigenvalue weighted by atomic mass is 16.5. The second-order valence-corrected chi connectivity index (χ2v) is 4.40. The van der Waals surface area contributed by atoms with Crippen molar-refractivity contribution >= 4 is 5.69 Å². The topological polar surface area (TPSA) is 54.3 Å². The van der Waals surface area contributed by atoms with Crippen LogP contribution in [0.15, 0.2) is 18.2 Å². The zero-order valence-electron chi connectivity index (χ0n) is 11.7. The summed E-state index contributed by atoms with van der Waals surface area (Å²) in [5, 5.41) is 12.3. The van der Waals surface area contributed by atoms with E-state index in [9.17, 15) is 0 Å². The smallest absolute Gasteiger partial charge is 0.101 e. The van der Waals surface area contributed by atoms with Crippen molar-refractivity contribution in [2.75, 3.05) is 38.8 Å². The summed E-state index contributed by atoms with van der Waals surface area (Å²) in [6.45, 7) is 4.89. The van der Waals surface area contributed by atoms with E-state index in [1.54, 1.807) is 7.11 Å². The van der Waals surface area contributed by atoms with Gasteiger partial charge in [-0.25, -0.2) is 0 Å². The number of nitrogens with one attached hydrogen (secondary N) is 1. The van der Waals surface area contributed by atoms with Crippen LogP contribution in [0.4, 0.5) is 5.69 Å². The summed E-state index contributed by atoms with van der Waals surface area (Å²) in [6.07, 6.45) is 2.02. The van der Waals surface area contributed by atoms with Crippen LogP contribution in [-0.4, -0.2) is 33.5 Å². The van der Waals surface area contributed by atoms with E-state index in [4.69, 9.17) is 14.7 Å². The molecule has 0 saturated carbocycles. The molecule has 0 bridgehead atoms. The largest absolute Gasteiger partial charge is 0.384 e. The van der Waals surface area contributed by atoms with Crippen molar-refractivity contribution in [1.82, 2.24) is 0 Å². The molecule has 1 N–H and O–H groups in total. The van der Waals surface area contributed by atoms with Gasteiger partial charge in [0.25, 0.3) is 0 Å².